The second-order valence-electron chi connectivity index (χ2n) is 5.24. The molecule has 0 saturated carbocycles. The number of ether oxygens (including phenoxy) is 2. The van der Waals surface area contributed by atoms with Crippen LogP contribution in [0.5, 0.6) is 11.5 Å². The lowest BCUT2D eigenvalue weighted by Gasteiger charge is -2.13. The monoisotopic (exact) mass is 338 g/mol. The van der Waals surface area contributed by atoms with Gasteiger partial charge in [-0.3, -0.25) is 4.79 Å². The highest BCUT2D eigenvalue weighted by atomic mass is 35.5. The van der Waals surface area contributed by atoms with Gasteiger partial charge in [-0.1, -0.05) is 25.4 Å². The van der Waals surface area contributed by atoms with E-state index >= 15 is 0 Å². The quantitative estimate of drug-likeness (QED) is 0.891. The molecule has 0 aliphatic heterocycles. The van der Waals surface area contributed by atoms with Gasteiger partial charge < -0.3 is 19.2 Å². The van der Waals surface area contributed by atoms with E-state index in [0.717, 1.165) is 0 Å². The number of benzene rings is 1. The molecule has 0 aliphatic carbocycles. The number of hydrogen-bond donors (Lipinski definition) is 1. The minimum Gasteiger partial charge on any atom is -0.495 e. The fraction of sp³-hybridized carbons (Fsp3) is 0.375. The third kappa shape index (κ3) is 3.59. The Balaban J connectivity index is 2.37. The van der Waals surface area contributed by atoms with Gasteiger partial charge in [0.05, 0.1) is 30.6 Å². The molecule has 0 spiro atoms. The summed E-state index contributed by atoms with van der Waals surface area (Å²) < 4.78 is 15.9. The largest absolute Gasteiger partial charge is 0.495 e. The van der Waals surface area contributed by atoms with Gasteiger partial charge in [-0.15, -0.1) is 0 Å². The van der Waals surface area contributed by atoms with Crippen molar-refractivity contribution < 1.29 is 18.7 Å². The number of nitrogens with zero attached hydrogens (tertiary/aromatic N) is 1. The molecule has 2 aromatic rings. The first kappa shape index (κ1) is 17.1. The molecular weight excluding hydrogens is 320 g/mol. The molecule has 1 heterocycles. The van der Waals surface area contributed by atoms with Crippen LogP contribution in [-0.4, -0.2) is 25.1 Å². The van der Waals surface area contributed by atoms with Crippen molar-refractivity contribution in [2.24, 2.45) is 0 Å². The Kier molecular flexibility index (Phi) is 5.15. The smallest absolute Gasteiger partial charge is 0.293 e. The van der Waals surface area contributed by atoms with Crippen LogP contribution in [0.1, 0.15) is 41.9 Å². The number of aryl methyl sites for hydroxylation is 1. The van der Waals surface area contributed by atoms with Crippen molar-refractivity contribution in [2.75, 3.05) is 19.5 Å². The van der Waals surface area contributed by atoms with Crippen molar-refractivity contribution in [1.82, 2.24) is 4.98 Å². The minimum absolute atomic E-state index is 0.0647. The molecule has 0 fully saturated rings. The van der Waals surface area contributed by atoms with Gasteiger partial charge >= 0.3 is 0 Å². The van der Waals surface area contributed by atoms with E-state index in [4.69, 9.17) is 25.5 Å². The first-order valence-electron chi connectivity index (χ1n) is 7.07. The summed E-state index contributed by atoms with van der Waals surface area (Å²) in [7, 11) is 2.99. The molecule has 124 valence electrons. The predicted molar refractivity (Wildman–Crippen MR) is 87.8 cm³/mol. The number of aromatic nitrogens is 1. The number of anilines is 1. The Bertz CT molecular complexity index is 725. The molecule has 0 aliphatic rings. The van der Waals surface area contributed by atoms with E-state index in [1.54, 1.807) is 19.1 Å². The molecule has 23 heavy (non-hydrogen) atoms. The van der Waals surface area contributed by atoms with Crippen molar-refractivity contribution in [3.63, 3.8) is 0 Å². The van der Waals surface area contributed by atoms with Crippen LogP contribution in [0.3, 0.4) is 0 Å². The number of rotatable bonds is 5. The highest BCUT2D eigenvalue weighted by molar-refractivity contribution is 6.32. The van der Waals surface area contributed by atoms with Gasteiger partial charge in [-0.05, 0) is 5.92 Å². The molecule has 0 saturated heterocycles. The summed E-state index contributed by atoms with van der Waals surface area (Å²) in [5.41, 5.74) is 1.04. The Labute approximate surface area is 139 Å². The molecule has 1 N–H and O–H groups in total. The summed E-state index contributed by atoms with van der Waals surface area (Å²) in [4.78, 5) is 16.8. The Morgan fingerprint density at radius 1 is 1.26 bits per heavy atom. The van der Waals surface area contributed by atoms with E-state index < -0.39 is 5.91 Å². The first-order valence-corrected chi connectivity index (χ1v) is 7.45. The summed E-state index contributed by atoms with van der Waals surface area (Å²) in [6, 6.07) is 3.17. The number of nitrogens with one attached hydrogen (secondary N) is 1. The summed E-state index contributed by atoms with van der Waals surface area (Å²) in [6.07, 6.45) is 0. The van der Waals surface area contributed by atoms with E-state index in [9.17, 15) is 4.79 Å². The fourth-order valence-electron chi connectivity index (χ4n) is 2.13. The van der Waals surface area contributed by atoms with E-state index in [2.05, 4.69) is 10.3 Å². The molecule has 0 radical (unpaired) electrons. The first-order chi connectivity index (χ1) is 10.9. The summed E-state index contributed by atoms with van der Waals surface area (Å²) >= 11 is 6.06. The lowest BCUT2D eigenvalue weighted by Crippen LogP contribution is -2.14. The van der Waals surface area contributed by atoms with Crippen LogP contribution in [0.2, 0.25) is 5.02 Å². The van der Waals surface area contributed by atoms with Crippen molar-refractivity contribution >= 4 is 23.2 Å². The normalized spacial score (nSPS) is 10.7. The molecule has 2 rings (SSSR count). The molecule has 7 heteroatoms. The molecule has 1 aromatic heterocycles. The van der Waals surface area contributed by atoms with Crippen molar-refractivity contribution in [3.8, 4) is 11.5 Å². The lowest BCUT2D eigenvalue weighted by atomic mass is 10.1. The number of carbonyl (C=O) groups excluding carboxylic acids is 1. The maximum Gasteiger partial charge on any atom is 0.293 e. The maximum atomic E-state index is 12.5. The molecule has 6 nitrogen and oxygen atoms in total. The third-order valence-electron chi connectivity index (χ3n) is 3.24. The van der Waals surface area contributed by atoms with Crippen LogP contribution in [0.4, 0.5) is 5.69 Å². The van der Waals surface area contributed by atoms with Crippen LogP contribution in [-0.2, 0) is 0 Å². The lowest BCUT2D eigenvalue weighted by molar-refractivity contribution is 0.0993. The van der Waals surface area contributed by atoms with E-state index in [1.165, 1.54) is 14.2 Å². The maximum absolute atomic E-state index is 12.5. The third-order valence-corrected chi connectivity index (χ3v) is 3.53. The van der Waals surface area contributed by atoms with Gasteiger partial charge in [-0.2, -0.15) is 0 Å². The van der Waals surface area contributed by atoms with E-state index in [0.29, 0.717) is 33.8 Å². The minimum atomic E-state index is -0.406. The van der Waals surface area contributed by atoms with Gasteiger partial charge in [0.2, 0.25) is 5.76 Å². The Hall–Kier alpha value is -2.21. The van der Waals surface area contributed by atoms with Crippen LogP contribution in [0, 0.1) is 6.92 Å². The number of halogens is 1. The van der Waals surface area contributed by atoms with Crippen LogP contribution in [0.25, 0.3) is 0 Å². The Morgan fingerprint density at radius 3 is 2.48 bits per heavy atom. The van der Waals surface area contributed by atoms with Crippen LogP contribution < -0.4 is 14.8 Å². The van der Waals surface area contributed by atoms with Gasteiger partial charge in [0.1, 0.15) is 11.5 Å². The van der Waals surface area contributed by atoms with Crippen LogP contribution in [0.15, 0.2) is 16.5 Å². The Morgan fingerprint density at radius 2 is 1.91 bits per heavy atom. The van der Waals surface area contributed by atoms with Crippen molar-refractivity contribution in [2.45, 2.75) is 26.7 Å². The number of oxazole rings is 1. The second-order valence-corrected chi connectivity index (χ2v) is 5.65. The fourth-order valence-corrected chi connectivity index (χ4v) is 2.37. The zero-order valence-corrected chi connectivity index (χ0v) is 14.4. The van der Waals surface area contributed by atoms with Gasteiger partial charge in [-0.25, -0.2) is 4.98 Å². The van der Waals surface area contributed by atoms with Gasteiger partial charge in [0.15, 0.2) is 5.89 Å². The van der Waals surface area contributed by atoms with Gasteiger partial charge in [0, 0.05) is 19.1 Å². The highest BCUT2D eigenvalue weighted by Gasteiger charge is 2.22. The standard InChI is InChI=1S/C16H19ClN2O4/c1-8(2)14-15(23-9(3)18-14)16(20)19-11-7-12(21-4)10(17)6-13(11)22-5/h6-8H,1-5H3,(H,19,20). The summed E-state index contributed by atoms with van der Waals surface area (Å²) in [5.74, 6) is 1.15. The number of methoxy groups -OCH3 is 2. The molecule has 0 atom stereocenters. The molecular formula is C16H19ClN2O4. The van der Waals surface area contributed by atoms with Crippen molar-refractivity contribution in [3.05, 3.63) is 34.5 Å². The zero-order valence-electron chi connectivity index (χ0n) is 13.7. The molecule has 1 amide bonds. The van der Waals surface area contributed by atoms with E-state index in [1.807, 2.05) is 13.8 Å². The number of carbonyl (C=O) groups is 1. The van der Waals surface area contributed by atoms with E-state index in [-0.39, 0.29) is 11.7 Å². The number of hydrogen-bond acceptors (Lipinski definition) is 5. The highest BCUT2D eigenvalue weighted by Crippen LogP contribution is 2.36. The SMILES string of the molecule is COc1cc(NC(=O)c2oc(C)nc2C(C)C)c(OC)cc1Cl. The molecule has 1 aromatic carbocycles. The van der Waals surface area contributed by atoms with Gasteiger partial charge in [0.25, 0.3) is 5.91 Å². The molecule has 0 unspecified atom stereocenters. The number of amides is 1. The zero-order chi connectivity index (χ0) is 17.1. The summed E-state index contributed by atoms with van der Waals surface area (Å²) in [6.45, 7) is 5.59. The predicted octanol–water partition coefficient (Wildman–Crippen LogP) is 4.03. The second kappa shape index (κ2) is 6.91. The van der Waals surface area contributed by atoms with Crippen LogP contribution >= 0.6 is 11.6 Å². The topological polar surface area (TPSA) is 73.6 Å². The average Bonchev–Trinajstić information content (AvgIpc) is 2.90. The average molecular weight is 339 g/mol. The van der Waals surface area contributed by atoms with Crippen molar-refractivity contribution in [1.29, 1.82) is 0 Å². The molecule has 0 bridgehead atoms. The summed E-state index contributed by atoms with van der Waals surface area (Å²) in [5, 5.41) is 3.14.